The lowest BCUT2D eigenvalue weighted by Gasteiger charge is -2.20. The lowest BCUT2D eigenvalue weighted by molar-refractivity contribution is -0.121. The average molecular weight is 392 g/mol. The summed E-state index contributed by atoms with van der Waals surface area (Å²) in [6.45, 7) is 0.707. The fourth-order valence-electron chi connectivity index (χ4n) is 2.70. The second-order valence-corrected chi connectivity index (χ2v) is 8.32. The molecule has 0 spiro atoms. The molecule has 0 saturated heterocycles. The minimum absolute atomic E-state index is 0.0686. The van der Waals surface area contributed by atoms with Gasteiger partial charge >= 0.3 is 0 Å². The summed E-state index contributed by atoms with van der Waals surface area (Å²) in [6, 6.07) is 16.1. The minimum atomic E-state index is -3.48. The number of carbonyl (C=O) groups excluding carboxylic acids is 1. The molecule has 0 radical (unpaired) electrons. The third-order valence-electron chi connectivity index (χ3n) is 4.22. The van der Waals surface area contributed by atoms with Crippen LogP contribution in [0.4, 0.5) is 4.39 Å². The Labute approximate surface area is 160 Å². The van der Waals surface area contributed by atoms with Crippen LogP contribution in [0.3, 0.4) is 0 Å². The molecule has 0 aliphatic carbocycles. The molecule has 1 amide bonds. The van der Waals surface area contributed by atoms with Gasteiger partial charge in [-0.3, -0.25) is 4.79 Å². The molecule has 2 aromatic carbocycles. The van der Waals surface area contributed by atoms with E-state index in [4.69, 9.17) is 0 Å². The van der Waals surface area contributed by atoms with E-state index in [1.807, 2.05) is 30.3 Å². The molecule has 0 atom stereocenters. The highest BCUT2D eigenvalue weighted by Crippen LogP contribution is 2.10. The molecular formula is C20H25FN2O3S. The first-order valence-electron chi connectivity index (χ1n) is 8.85. The van der Waals surface area contributed by atoms with E-state index < -0.39 is 10.0 Å². The molecule has 7 heteroatoms. The maximum absolute atomic E-state index is 13.7. The summed E-state index contributed by atoms with van der Waals surface area (Å²) < 4.78 is 38.8. The zero-order chi connectivity index (χ0) is 19.7. The van der Waals surface area contributed by atoms with Crippen molar-refractivity contribution in [2.45, 2.75) is 19.3 Å². The Morgan fingerprint density at radius 2 is 1.67 bits per heavy atom. The fourth-order valence-corrected chi connectivity index (χ4v) is 3.54. The van der Waals surface area contributed by atoms with Crippen LogP contribution < -0.4 is 5.32 Å². The summed E-state index contributed by atoms with van der Waals surface area (Å²) in [5.74, 6) is -0.560. The quantitative estimate of drug-likeness (QED) is 0.675. The van der Waals surface area contributed by atoms with Gasteiger partial charge in [-0.2, -0.15) is 0 Å². The Bertz CT molecular complexity index is 841. The van der Waals surface area contributed by atoms with Crippen LogP contribution in [0, 0.1) is 5.82 Å². The Morgan fingerprint density at radius 1 is 1.00 bits per heavy atom. The number of amides is 1. The Morgan fingerprint density at radius 3 is 2.33 bits per heavy atom. The van der Waals surface area contributed by atoms with Gasteiger partial charge in [0.05, 0.1) is 6.26 Å². The molecule has 2 rings (SSSR count). The first-order chi connectivity index (χ1) is 12.9. The molecule has 1 N–H and O–H groups in total. The monoisotopic (exact) mass is 392 g/mol. The van der Waals surface area contributed by atoms with E-state index in [0.29, 0.717) is 12.1 Å². The second kappa shape index (κ2) is 10.2. The third-order valence-corrected chi connectivity index (χ3v) is 5.53. The lowest BCUT2D eigenvalue weighted by atomic mass is 10.1. The number of nitrogens with zero attached hydrogens (tertiary/aromatic N) is 1. The summed E-state index contributed by atoms with van der Waals surface area (Å²) in [4.78, 5) is 12.0. The van der Waals surface area contributed by atoms with Gasteiger partial charge in [0.15, 0.2) is 0 Å². The number of hydrogen-bond acceptors (Lipinski definition) is 3. The molecular weight excluding hydrogens is 367 g/mol. The van der Waals surface area contributed by atoms with Crippen LogP contribution in [0.15, 0.2) is 54.6 Å². The van der Waals surface area contributed by atoms with E-state index in [2.05, 4.69) is 5.32 Å². The van der Waals surface area contributed by atoms with Gasteiger partial charge in [0, 0.05) is 26.1 Å². The summed E-state index contributed by atoms with van der Waals surface area (Å²) in [6.07, 6.45) is 2.14. The van der Waals surface area contributed by atoms with E-state index in [1.54, 1.807) is 18.2 Å². The molecule has 2 aromatic rings. The first kappa shape index (κ1) is 21.1. The van der Waals surface area contributed by atoms with Crippen molar-refractivity contribution in [2.75, 3.05) is 25.9 Å². The molecule has 0 heterocycles. The molecule has 0 aromatic heterocycles. The van der Waals surface area contributed by atoms with Crippen molar-refractivity contribution >= 4 is 15.9 Å². The number of nitrogens with one attached hydrogen (secondary N) is 1. The maximum Gasteiger partial charge on any atom is 0.221 e. The normalized spacial score (nSPS) is 11.5. The predicted octanol–water partition coefficient (Wildman–Crippen LogP) is 2.38. The molecule has 27 heavy (non-hydrogen) atoms. The largest absolute Gasteiger partial charge is 0.356 e. The van der Waals surface area contributed by atoms with E-state index in [9.17, 15) is 17.6 Å². The van der Waals surface area contributed by atoms with Crippen molar-refractivity contribution in [3.8, 4) is 0 Å². The standard InChI is InChI=1S/C20H25FN2O3S/c1-27(25,26)23(15-12-18-9-5-6-10-19(18)21)16-13-20(24)22-14-11-17-7-3-2-4-8-17/h2-10H,11-16H2,1H3,(H,22,24). The van der Waals surface area contributed by atoms with Crippen molar-refractivity contribution < 1.29 is 17.6 Å². The van der Waals surface area contributed by atoms with Gasteiger partial charge < -0.3 is 5.32 Å². The molecule has 0 aliphatic rings. The minimum Gasteiger partial charge on any atom is -0.356 e. The van der Waals surface area contributed by atoms with Gasteiger partial charge in [0.2, 0.25) is 15.9 Å². The van der Waals surface area contributed by atoms with Crippen molar-refractivity contribution in [1.82, 2.24) is 9.62 Å². The topological polar surface area (TPSA) is 66.5 Å². The number of carbonyl (C=O) groups is 1. The smallest absolute Gasteiger partial charge is 0.221 e. The van der Waals surface area contributed by atoms with Crippen molar-refractivity contribution in [3.05, 3.63) is 71.5 Å². The van der Waals surface area contributed by atoms with Gasteiger partial charge in [-0.15, -0.1) is 0 Å². The Balaban J connectivity index is 1.80. The molecule has 0 aliphatic heterocycles. The van der Waals surface area contributed by atoms with Gasteiger partial charge in [-0.1, -0.05) is 48.5 Å². The number of sulfonamides is 1. The molecule has 0 bridgehead atoms. The average Bonchev–Trinajstić information content (AvgIpc) is 2.63. The molecule has 0 fully saturated rings. The number of benzene rings is 2. The molecule has 0 saturated carbocycles. The summed E-state index contributed by atoms with van der Waals surface area (Å²) in [7, 11) is -3.48. The Hall–Kier alpha value is -2.25. The van der Waals surface area contributed by atoms with Gasteiger partial charge in [0.1, 0.15) is 5.82 Å². The first-order valence-corrected chi connectivity index (χ1v) is 10.7. The summed E-state index contributed by atoms with van der Waals surface area (Å²) in [5.41, 5.74) is 1.58. The lowest BCUT2D eigenvalue weighted by Crippen LogP contribution is -2.36. The molecule has 146 valence electrons. The highest BCUT2D eigenvalue weighted by Gasteiger charge is 2.18. The molecule has 0 unspecified atom stereocenters. The van der Waals surface area contributed by atoms with Crippen LogP contribution in [0.2, 0.25) is 0 Å². The van der Waals surface area contributed by atoms with Crippen LogP contribution in [-0.4, -0.2) is 44.5 Å². The van der Waals surface area contributed by atoms with Crippen molar-refractivity contribution in [3.63, 3.8) is 0 Å². The van der Waals surface area contributed by atoms with E-state index in [-0.39, 0.29) is 37.7 Å². The maximum atomic E-state index is 13.7. The zero-order valence-electron chi connectivity index (χ0n) is 15.4. The SMILES string of the molecule is CS(=O)(=O)N(CCC(=O)NCCc1ccccc1)CCc1ccccc1F. The predicted molar refractivity (Wildman–Crippen MR) is 104 cm³/mol. The highest BCUT2D eigenvalue weighted by atomic mass is 32.2. The number of rotatable bonds is 10. The van der Waals surface area contributed by atoms with Crippen LogP contribution in [-0.2, 0) is 27.7 Å². The third kappa shape index (κ3) is 7.48. The molecule has 5 nitrogen and oxygen atoms in total. The van der Waals surface area contributed by atoms with Crippen LogP contribution in [0.1, 0.15) is 17.5 Å². The van der Waals surface area contributed by atoms with E-state index in [0.717, 1.165) is 18.2 Å². The Kier molecular flexibility index (Phi) is 7.94. The van der Waals surface area contributed by atoms with Crippen LogP contribution >= 0.6 is 0 Å². The summed E-state index contributed by atoms with van der Waals surface area (Å²) >= 11 is 0. The fraction of sp³-hybridized carbons (Fsp3) is 0.350. The van der Waals surface area contributed by atoms with Crippen molar-refractivity contribution in [2.24, 2.45) is 0 Å². The zero-order valence-corrected chi connectivity index (χ0v) is 16.2. The highest BCUT2D eigenvalue weighted by molar-refractivity contribution is 7.88. The van der Waals surface area contributed by atoms with Crippen molar-refractivity contribution in [1.29, 1.82) is 0 Å². The summed E-state index contributed by atoms with van der Waals surface area (Å²) in [5, 5.41) is 2.80. The van der Waals surface area contributed by atoms with E-state index in [1.165, 1.54) is 10.4 Å². The van der Waals surface area contributed by atoms with Gasteiger partial charge in [0.25, 0.3) is 0 Å². The number of halogens is 1. The van der Waals surface area contributed by atoms with Crippen LogP contribution in [0.25, 0.3) is 0 Å². The number of hydrogen-bond donors (Lipinski definition) is 1. The van der Waals surface area contributed by atoms with Gasteiger partial charge in [-0.25, -0.2) is 17.1 Å². The second-order valence-electron chi connectivity index (χ2n) is 6.34. The van der Waals surface area contributed by atoms with Gasteiger partial charge in [-0.05, 0) is 30.0 Å². The van der Waals surface area contributed by atoms with E-state index >= 15 is 0 Å². The van der Waals surface area contributed by atoms with Crippen LogP contribution in [0.5, 0.6) is 0 Å².